The van der Waals surface area contributed by atoms with E-state index in [9.17, 15) is 4.79 Å². The van der Waals surface area contributed by atoms with E-state index in [4.69, 9.17) is 5.26 Å². The molecule has 2 aromatic rings. The van der Waals surface area contributed by atoms with Crippen LogP contribution in [0.15, 0.2) is 55.1 Å². The van der Waals surface area contributed by atoms with Crippen LogP contribution >= 0.6 is 0 Å². The first-order valence-electron chi connectivity index (χ1n) is 9.21. The maximum absolute atomic E-state index is 12.6. The van der Waals surface area contributed by atoms with Gasteiger partial charge in [0, 0.05) is 5.92 Å². The number of carbonyl (C=O) groups is 1. The van der Waals surface area contributed by atoms with E-state index < -0.39 is 0 Å². The summed E-state index contributed by atoms with van der Waals surface area (Å²) in [5.74, 6) is 0.136. The van der Waals surface area contributed by atoms with Crippen molar-refractivity contribution < 1.29 is 4.79 Å². The largest absolute Gasteiger partial charge is 0.343 e. The minimum Gasteiger partial charge on any atom is -0.343 e. The Labute approximate surface area is 155 Å². The van der Waals surface area contributed by atoms with Gasteiger partial charge in [-0.25, -0.2) is 0 Å². The number of nitriles is 1. The maximum atomic E-state index is 12.6. The Bertz CT molecular complexity index is 817. The molecule has 2 unspecified atom stereocenters. The lowest BCUT2D eigenvalue weighted by atomic mass is 9.73. The topological polar surface area (TPSA) is 52.9 Å². The molecule has 0 heterocycles. The van der Waals surface area contributed by atoms with E-state index in [1.165, 1.54) is 11.1 Å². The molecule has 26 heavy (non-hydrogen) atoms. The highest BCUT2D eigenvalue weighted by molar-refractivity contribution is 5.81. The van der Waals surface area contributed by atoms with Gasteiger partial charge >= 0.3 is 0 Å². The molecule has 0 radical (unpaired) electrons. The Balaban J connectivity index is 1.95. The van der Waals surface area contributed by atoms with Crippen LogP contribution in [0.2, 0.25) is 0 Å². The molecule has 132 valence electrons. The second-order valence-corrected chi connectivity index (χ2v) is 6.79. The molecule has 3 rings (SSSR count). The summed E-state index contributed by atoms with van der Waals surface area (Å²) in [6.45, 7) is 3.89. The summed E-state index contributed by atoms with van der Waals surface area (Å²) >= 11 is 0. The van der Waals surface area contributed by atoms with Crippen LogP contribution in [-0.2, 0) is 4.79 Å². The first-order chi connectivity index (χ1) is 12.7. The second kappa shape index (κ2) is 8.49. The van der Waals surface area contributed by atoms with Crippen molar-refractivity contribution in [2.45, 2.75) is 31.6 Å². The van der Waals surface area contributed by atoms with E-state index in [2.05, 4.69) is 54.4 Å². The Morgan fingerprint density at radius 3 is 2.62 bits per heavy atom. The summed E-state index contributed by atoms with van der Waals surface area (Å²) in [5.41, 5.74) is 4.68. The van der Waals surface area contributed by atoms with Crippen LogP contribution < -0.4 is 5.32 Å². The molecule has 0 spiro atoms. The third-order valence-electron chi connectivity index (χ3n) is 5.26. The molecule has 1 fully saturated rings. The van der Waals surface area contributed by atoms with E-state index in [-0.39, 0.29) is 24.3 Å². The van der Waals surface area contributed by atoms with Crippen LogP contribution in [0.5, 0.6) is 0 Å². The highest BCUT2D eigenvalue weighted by Crippen LogP contribution is 2.41. The first kappa shape index (κ1) is 17.9. The monoisotopic (exact) mass is 344 g/mol. The van der Waals surface area contributed by atoms with Crippen LogP contribution in [0.1, 0.15) is 42.7 Å². The van der Waals surface area contributed by atoms with Crippen molar-refractivity contribution in [3.8, 4) is 17.2 Å². The quantitative estimate of drug-likeness (QED) is 0.784. The maximum Gasteiger partial charge on any atom is 0.224 e. The van der Waals surface area contributed by atoms with Gasteiger partial charge in [0.2, 0.25) is 5.91 Å². The summed E-state index contributed by atoms with van der Waals surface area (Å²) in [6, 6.07) is 18.7. The Kier molecular flexibility index (Phi) is 5.86. The molecule has 0 aromatic heterocycles. The molecule has 1 amide bonds. The van der Waals surface area contributed by atoms with E-state index in [0.29, 0.717) is 0 Å². The minimum atomic E-state index is -0.0642. The van der Waals surface area contributed by atoms with Crippen molar-refractivity contribution in [1.82, 2.24) is 5.32 Å². The van der Waals surface area contributed by atoms with Crippen LogP contribution in [0.3, 0.4) is 0 Å². The first-order valence-corrected chi connectivity index (χ1v) is 9.21. The van der Waals surface area contributed by atoms with Crippen molar-refractivity contribution in [2.75, 3.05) is 6.54 Å². The molecular weight excluding hydrogens is 320 g/mol. The molecule has 0 saturated heterocycles. The number of nitrogens with zero attached hydrogens (tertiary/aromatic N) is 1. The third kappa shape index (κ3) is 3.86. The fraction of sp³-hybridized carbons (Fsp3) is 0.304. The third-order valence-corrected chi connectivity index (χ3v) is 5.26. The molecule has 3 heteroatoms. The number of hydrogen-bond acceptors (Lipinski definition) is 2. The molecule has 0 aliphatic heterocycles. The fourth-order valence-electron chi connectivity index (χ4n) is 3.96. The van der Waals surface area contributed by atoms with Gasteiger partial charge < -0.3 is 5.32 Å². The van der Waals surface area contributed by atoms with Crippen LogP contribution in [0, 0.1) is 17.2 Å². The highest BCUT2D eigenvalue weighted by Gasteiger charge is 2.33. The summed E-state index contributed by atoms with van der Waals surface area (Å²) in [4.78, 5) is 12.6. The number of hydrogen-bond donors (Lipinski definition) is 1. The zero-order chi connectivity index (χ0) is 18.4. The van der Waals surface area contributed by atoms with Crippen LogP contribution in [0.25, 0.3) is 17.2 Å². The minimum absolute atomic E-state index is 0.00746. The molecule has 1 saturated carbocycles. The average molecular weight is 344 g/mol. The molecular formula is C23H24N2O. The lowest BCUT2D eigenvalue weighted by Gasteiger charge is -2.32. The number of rotatable bonds is 5. The standard InChI is InChI=1S/C23H24N2O/c1-2-17-11-13-18(14-12-17)19-7-3-4-8-20(19)21-9-5-6-10-22(21)23(26)25-16-15-24/h2-4,7-8,11-14,21-22H,1,5-6,9-10,16H2,(H,25,26). The smallest absolute Gasteiger partial charge is 0.224 e. The predicted molar refractivity (Wildman–Crippen MR) is 105 cm³/mol. The molecule has 1 aliphatic rings. The molecule has 2 atom stereocenters. The second-order valence-electron chi connectivity index (χ2n) is 6.79. The van der Waals surface area contributed by atoms with Gasteiger partial charge in [-0.05, 0) is 41.0 Å². The van der Waals surface area contributed by atoms with Gasteiger partial charge in [0.1, 0.15) is 6.54 Å². The molecule has 1 aliphatic carbocycles. The number of carbonyl (C=O) groups excluding carboxylic acids is 1. The van der Waals surface area contributed by atoms with E-state index in [1.807, 2.05) is 18.2 Å². The van der Waals surface area contributed by atoms with E-state index in [0.717, 1.165) is 36.8 Å². The number of benzene rings is 2. The Hall–Kier alpha value is -2.86. The normalized spacial score (nSPS) is 19.3. The van der Waals surface area contributed by atoms with Gasteiger partial charge in [0.15, 0.2) is 0 Å². The fourth-order valence-corrected chi connectivity index (χ4v) is 3.96. The predicted octanol–water partition coefficient (Wildman–Crippen LogP) is 4.91. The summed E-state index contributed by atoms with van der Waals surface area (Å²) in [7, 11) is 0. The van der Waals surface area contributed by atoms with Crippen molar-refractivity contribution in [3.63, 3.8) is 0 Å². The highest BCUT2D eigenvalue weighted by atomic mass is 16.1. The molecule has 0 bridgehead atoms. The summed E-state index contributed by atoms with van der Waals surface area (Å²) in [6.07, 6.45) is 5.93. The zero-order valence-corrected chi connectivity index (χ0v) is 14.9. The molecule has 2 aromatic carbocycles. The van der Waals surface area contributed by atoms with Gasteiger partial charge in [-0.15, -0.1) is 0 Å². The van der Waals surface area contributed by atoms with Crippen molar-refractivity contribution in [3.05, 3.63) is 66.2 Å². The van der Waals surface area contributed by atoms with Crippen molar-refractivity contribution >= 4 is 12.0 Å². The molecule has 3 nitrogen and oxygen atoms in total. The summed E-state index contributed by atoms with van der Waals surface area (Å²) in [5, 5.41) is 11.5. The number of amides is 1. The van der Waals surface area contributed by atoms with Gasteiger partial charge in [-0.3, -0.25) is 4.79 Å². The lowest BCUT2D eigenvalue weighted by Crippen LogP contribution is -2.36. The Morgan fingerprint density at radius 1 is 1.15 bits per heavy atom. The van der Waals surface area contributed by atoms with Crippen molar-refractivity contribution in [2.24, 2.45) is 5.92 Å². The van der Waals surface area contributed by atoms with Gasteiger partial charge in [0.25, 0.3) is 0 Å². The van der Waals surface area contributed by atoms with Gasteiger partial charge in [-0.1, -0.05) is 74.0 Å². The van der Waals surface area contributed by atoms with Gasteiger partial charge in [-0.2, -0.15) is 5.26 Å². The number of nitrogens with one attached hydrogen (secondary N) is 1. The van der Waals surface area contributed by atoms with Crippen LogP contribution in [0.4, 0.5) is 0 Å². The van der Waals surface area contributed by atoms with E-state index in [1.54, 1.807) is 0 Å². The lowest BCUT2D eigenvalue weighted by molar-refractivity contribution is -0.126. The summed E-state index contributed by atoms with van der Waals surface area (Å²) < 4.78 is 0. The van der Waals surface area contributed by atoms with E-state index >= 15 is 0 Å². The zero-order valence-electron chi connectivity index (χ0n) is 14.9. The van der Waals surface area contributed by atoms with Gasteiger partial charge in [0.05, 0.1) is 6.07 Å². The Morgan fingerprint density at radius 2 is 1.88 bits per heavy atom. The SMILES string of the molecule is C=Cc1ccc(-c2ccccc2C2CCCCC2C(=O)NCC#N)cc1. The molecule has 1 N–H and O–H groups in total. The average Bonchev–Trinajstić information content (AvgIpc) is 2.72. The van der Waals surface area contributed by atoms with Crippen molar-refractivity contribution in [1.29, 1.82) is 5.26 Å². The van der Waals surface area contributed by atoms with Crippen LogP contribution in [-0.4, -0.2) is 12.5 Å².